The lowest BCUT2D eigenvalue weighted by Gasteiger charge is -2.09. The molecule has 2 amide bonds. The first-order valence-electron chi connectivity index (χ1n) is 9.00. The number of nitrogens with one attached hydrogen (secondary N) is 2. The van der Waals surface area contributed by atoms with Crippen molar-refractivity contribution in [1.29, 1.82) is 0 Å². The van der Waals surface area contributed by atoms with Crippen LogP contribution in [0, 0.1) is 6.92 Å². The molecular formula is C22H21BrN2O4. The summed E-state index contributed by atoms with van der Waals surface area (Å²) in [5, 5.41) is 5.66. The Morgan fingerprint density at radius 1 is 1.03 bits per heavy atom. The minimum absolute atomic E-state index is 0.0817. The molecule has 0 fully saturated rings. The average molecular weight is 457 g/mol. The van der Waals surface area contributed by atoms with Gasteiger partial charge in [0.25, 0.3) is 5.91 Å². The lowest BCUT2D eigenvalue weighted by Crippen LogP contribution is -2.24. The highest BCUT2D eigenvalue weighted by Gasteiger charge is 2.11. The van der Waals surface area contributed by atoms with E-state index < -0.39 is 0 Å². The molecule has 0 atom stereocenters. The van der Waals surface area contributed by atoms with Gasteiger partial charge >= 0.3 is 0 Å². The molecule has 7 heteroatoms. The molecule has 6 nitrogen and oxygen atoms in total. The predicted molar refractivity (Wildman–Crippen MR) is 114 cm³/mol. The van der Waals surface area contributed by atoms with E-state index in [2.05, 4.69) is 26.6 Å². The summed E-state index contributed by atoms with van der Waals surface area (Å²) >= 11 is 3.17. The Balaban J connectivity index is 1.51. The molecule has 0 aliphatic rings. The first kappa shape index (κ1) is 20.7. The van der Waals surface area contributed by atoms with Gasteiger partial charge in [-0.05, 0) is 69.9 Å². The van der Waals surface area contributed by atoms with Gasteiger partial charge in [0, 0.05) is 12.2 Å². The van der Waals surface area contributed by atoms with Crippen LogP contribution in [0.2, 0.25) is 0 Å². The Morgan fingerprint density at radius 2 is 1.76 bits per heavy atom. The zero-order valence-electron chi connectivity index (χ0n) is 16.1. The van der Waals surface area contributed by atoms with Crippen molar-refractivity contribution in [2.45, 2.75) is 19.9 Å². The number of carbonyl (C=O) groups is 2. The third-order valence-corrected chi connectivity index (χ3v) is 4.76. The van der Waals surface area contributed by atoms with Crippen LogP contribution in [-0.2, 0) is 17.8 Å². The average Bonchev–Trinajstić information content (AvgIpc) is 3.15. The highest BCUT2D eigenvalue weighted by atomic mass is 79.9. The van der Waals surface area contributed by atoms with Crippen LogP contribution < -0.4 is 15.4 Å². The fraction of sp³-hybridized carbons (Fsp3) is 0.182. The maximum Gasteiger partial charge on any atom is 0.291 e. The molecule has 2 aromatic carbocycles. The molecule has 150 valence electrons. The van der Waals surface area contributed by atoms with E-state index in [-0.39, 0.29) is 24.0 Å². The summed E-state index contributed by atoms with van der Waals surface area (Å²) in [4.78, 5) is 24.3. The molecule has 29 heavy (non-hydrogen) atoms. The second kappa shape index (κ2) is 9.43. The van der Waals surface area contributed by atoms with Gasteiger partial charge in [-0.2, -0.15) is 0 Å². The van der Waals surface area contributed by atoms with E-state index in [1.807, 2.05) is 37.3 Å². The van der Waals surface area contributed by atoms with Gasteiger partial charge in [0.2, 0.25) is 5.91 Å². The number of furan rings is 1. The minimum Gasteiger partial charge on any atom is -0.496 e. The summed E-state index contributed by atoms with van der Waals surface area (Å²) in [6.45, 7) is 2.41. The quantitative estimate of drug-likeness (QED) is 0.549. The molecule has 3 aromatic rings. The molecule has 0 radical (unpaired) electrons. The topological polar surface area (TPSA) is 80.6 Å². The zero-order chi connectivity index (χ0) is 20.8. The lowest BCUT2D eigenvalue weighted by molar-refractivity contribution is -0.120. The minimum atomic E-state index is -0.338. The number of amides is 2. The summed E-state index contributed by atoms with van der Waals surface area (Å²) < 4.78 is 11.0. The fourth-order valence-corrected chi connectivity index (χ4v) is 3.06. The summed E-state index contributed by atoms with van der Waals surface area (Å²) in [5.41, 5.74) is 3.50. The monoisotopic (exact) mass is 456 g/mol. The molecular weight excluding hydrogens is 436 g/mol. The normalized spacial score (nSPS) is 10.4. The number of anilines is 1. The number of hydrogen-bond donors (Lipinski definition) is 2. The van der Waals surface area contributed by atoms with Crippen molar-refractivity contribution in [3.05, 3.63) is 81.7 Å². The number of rotatable bonds is 7. The van der Waals surface area contributed by atoms with Crippen molar-refractivity contribution in [3.63, 3.8) is 0 Å². The molecule has 3 rings (SSSR count). The predicted octanol–water partition coefficient (Wildman–Crippen LogP) is 4.47. The van der Waals surface area contributed by atoms with Crippen molar-refractivity contribution in [3.8, 4) is 5.75 Å². The molecule has 0 spiro atoms. The first-order chi connectivity index (χ1) is 13.9. The molecule has 0 unspecified atom stereocenters. The highest BCUT2D eigenvalue weighted by Crippen LogP contribution is 2.19. The molecule has 0 bridgehead atoms. The molecule has 0 aliphatic carbocycles. The standard InChI is InChI=1S/C22H21BrN2O4/c1-14-3-4-16(11-19(14)28-2)13-24-21(26)12-15-5-7-17(8-6-15)25-22(27)18-9-10-20(23)29-18/h3-11H,12-13H2,1-2H3,(H,24,26)(H,25,27). The summed E-state index contributed by atoms with van der Waals surface area (Å²) in [7, 11) is 1.63. The Kier molecular flexibility index (Phi) is 6.72. The number of ether oxygens (including phenoxy) is 1. The van der Waals surface area contributed by atoms with Gasteiger partial charge in [-0.3, -0.25) is 9.59 Å². The molecule has 2 N–H and O–H groups in total. The number of carbonyl (C=O) groups excluding carboxylic acids is 2. The Hall–Kier alpha value is -3.06. The smallest absolute Gasteiger partial charge is 0.291 e. The van der Waals surface area contributed by atoms with Crippen molar-refractivity contribution in [1.82, 2.24) is 5.32 Å². The third-order valence-electron chi connectivity index (χ3n) is 4.34. The van der Waals surface area contributed by atoms with Crippen molar-refractivity contribution < 1.29 is 18.7 Å². The van der Waals surface area contributed by atoms with Crippen LogP contribution in [0.15, 0.2) is 63.7 Å². The van der Waals surface area contributed by atoms with Gasteiger partial charge in [-0.25, -0.2) is 0 Å². The number of hydrogen-bond acceptors (Lipinski definition) is 4. The number of benzene rings is 2. The number of halogens is 1. The highest BCUT2D eigenvalue weighted by molar-refractivity contribution is 9.10. The Morgan fingerprint density at radius 3 is 2.41 bits per heavy atom. The maximum absolute atomic E-state index is 12.2. The van der Waals surface area contributed by atoms with Crippen LogP contribution in [0.25, 0.3) is 0 Å². The third kappa shape index (κ3) is 5.71. The van der Waals surface area contributed by atoms with Crippen molar-refractivity contribution >= 4 is 33.4 Å². The fourth-order valence-electron chi connectivity index (χ4n) is 2.76. The largest absolute Gasteiger partial charge is 0.496 e. The van der Waals surface area contributed by atoms with E-state index in [0.29, 0.717) is 16.9 Å². The van der Waals surface area contributed by atoms with E-state index in [0.717, 1.165) is 22.4 Å². The van der Waals surface area contributed by atoms with Gasteiger partial charge in [0.15, 0.2) is 10.4 Å². The number of methoxy groups -OCH3 is 1. The number of aryl methyl sites for hydroxylation is 1. The molecule has 1 aromatic heterocycles. The zero-order valence-corrected chi connectivity index (χ0v) is 17.7. The van der Waals surface area contributed by atoms with Crippen LogP contribution in [0.1, 0.15) is 27.2 Å². The summed E-state index contributed by atoms with van der Waals surface area (Å²) in [5.74, 6) is 0.598. The Bertz CT molecular complexity index is 1010. The SMILES string of the molecule is COc1cc(CNC(=O)Cc2ccc(NC(=O)c3ccc(Br)o3)cc2)ccc1C. The van der Waals surface area contributed by atoms with Crippen LogP contribution in [-0.4, -0.2) is 18.9 Å². The summed E-state index contributed by atoms with van der Waals surface area (Å²) in [6.07, 6.45) is 0.252. The lowest BCUT2D eigenvalue weighted by atomic mass is 10.1. The Labute approximate surface area is 177 Å². The molecule has 0 saturated carbocycles. The van der Waals surface area contributed by atoms with Crippen LogP contribution >= 0.6 is 15.9 Å². The van der Waals surface area contributed by atoms with E-state index in [9.17, 15) is 9.59 Å². The summed E-state index contributed by atoms with van der Waals surface area (Å²) in [6, 6.07) is 16.2. The maximum atomic E-state index is 12.2. The van der Waals surface area contributed by atoms with Crippen LogP contribution in [0.4, 0.5) is 5.69 Å². The second-order valence-electron chi connectivity index (χ2n) is 6.51. The van der Waals surface area contributed by atoms with Gasteiger partial charge in [0.05, 0.1) is 13.5 Å². The van der Waals surface area contributed by atoms with E-state index >= 15 is 0 Å². The molecule has 0 aliphatic heterocycles. The van der Waals surface area contributed by atoms with E-state index in [1.54, 1.807) is 31.4 Å². The van der Waals surface area contributed by atoms with E-state index in [1.165, 1.54) is 0 Å². The van der Waals surface area contributed by atoms with Crippen molar-refractivity contribution in [2.24, 2.45) is 0 Å². The van der Waals surface area contributed by atoms with Crippen LogP contribution in [0.3, 0.4) is 0 Å². The van der Waals surface area contributed by atoms with Crippen LogP contribution in [0.5, 0.6) is 5.75 Å². The molecule has 1 heterocycles. The van der Waals surface area contributed by atoms with Gasteiger partial charge < -0.3 is 19.8 Å². The van der Waals surface area contributed by atoms with Gasteiger partial charge in [-0.15, -0.1) is 0 Å². The first-order valence-corrected chi connectivity index (χ1v) is 9.80. The van der Waals surface area contributed by atoms with Gasteiger partial charge in [0.1, 0.15) is 5.75 Å². The molecule has 0 saturated heterocycles. The van der Waals surface area contributed by atoms with Gasteiger partial charge in [-0.1, -0.05) is 24.3 Å². The van der Waals surface area contributed by atoms with E-state index in [4.69, 9.17) is 9.15 Å². The van der Waals surface area contributed by atoms with Crippen molar-refractivity contribution in [2.75, 3.05) is 12.4 Å². The second-order valence-corrected chi connectivity index (χ2v) is 7.29.